The fourth-order valence-corrected chi connectivity index (χ4v) is 4.34. The third-order valence-electron chi connectivity index (χ3n) is 5.88. The zero-order valence-corrected chi connectivity index (χ0v) is 14.9. The lowest BCUT2D eigenvalue weighted by Gasteiger charge is -2.35. The molecule has 2 aromatic rings. The molecule has 7 heteroatoms. The maximum atomic E-state index is 11.4. The second-order valence-electron chi connectivity index (χ2n) is 7.54. The molecule has 28 heavy (non-hydrogen) atoms. The highest BCUT2D eigenvalue weighted by atomic mass is 16.7. The van der Waals surface area contributed by atoms with Crippen LogP contribution >= 0.6 is 0 Å². The van der Waals surface area contributed by atoms with Crippen LogP contribution in [-0.2, 0) is 12.0 Å². The van der Waals surface area contributed by atoms with E-state index in [1.165, 1.54) is 0 Å². The topological polar surface area (TPSA) is 86.6 Å². The highest BCUT2D eigenvalue weighted by Crippen LogP contribution is 2.57. The molecule has 144 valence electrons. The molecular weight excluding hydrogens is 364 g/mol. The summed E-state index contributed by atoms with van der Waals surface area (Å²) >= 11 is 0. The smallest absolute Gasteiger partial charge is 0.231 e. The van der Waals surface area contributed by atoms with Crippen LogP contribution in [0.5, 0.6) is 28.7 Å². The van der Waals surface area contributed by atoms with Crippen LogP contribution in [0.3, 0.4) is 0 Å². The first kappa shape index (κ1) is 16.1. The van der Waals surface area contributed by atoms with Crippen molar-refractivity contribution < 1.29 is 33.9 Å². The Morgan fingerprint density at radius 3 is 2.61 bits per heavy atom. The maximum Gasteiger partial charge on any atom is 0.231 e. The van der Waals surface area contributed by atoms with Gasteiger partial charge in [-0.25, -0.2) is 0 Å². The lowest BCUT2D eigenvalue weighted by atomic mass is 9.84. The molecule has 0 saturated carbocycles. The highest BCUT2D eigenvalue weighted by Gasteiger charge is 2.54. The molecule has 0 radical (unpaired) electrons. The van der Waals surface area contributed by atoms with E-state index in [1.807, 2.05) is 12.1 Å². The monoisotopic (exact) mass is 382 g/mol. The van der Waals surface area contributed by atoms with Crippen LogP contribution in [-0.4, -0.2) is 36.3 Å². The first-order valence-electron chi connectivity index (χ1n) is 9.15. The summed E-state index contributed by atoms with van der Waals surface area (Å²) in [5, 5.41) is 20.8. The van der Waals surface area contributed by atoms with Crippen LogP contribution in [0.1, 0.15) is 22.8 Å². The molecule has 0 aliphatic carbocycles. The second-order valence-corrected chi connectivity index (χ2v) is 7.54. The number of ether oxygens (including phenoxy) is 5. The summed E-state index contributed by atoms with van der Waals surface area (Å²) < 4.78 is 28.8. The number of fused-ring (bicyclic) bond motifs is 7. The van der Waals surface area contributed by atoms with Crippen molar-refractivity contribution in [3.05, 3.63) is 53.1 Å². The number of aliphatic hydroxyl groups excluding tert-OH is 1. The van der Waals surface area contributed by atoms with E-state index in [0.717, 1.165) is 11.1 Å². The van der Waals surface area contributed by atoms with Gasteiger partial charge in [0.2, 0.25) is 6.79 Å². The lowest BCUT2D eigenvalue weighted by Crippen LogP contribution is -2.41. The first-order valence-corrected chi connectivity index (χ1v) is 9.15. The largest absolute Gasteiger partial charge is 0.489 e. The van der Waals surface area contributed by atoms with Gasteiger partial charge in [0.25, 0.3) is 0 Å². The Hall–Kier alpha value is -2.90. The number of benzene rings is 2. The molecule has 4 aliphatic heterocycles. The Morgan fingerprint density at radius 2 is 1.79 bits per heavy atom. The van der Waals surface area contributed by atoms with Crippen LogP contribution < -0.4 is 23.7 Å². The van der Waals surface area contributed by atoms with Gasteiger partial charge in [-0.3, -0.25) is 0 Å². The van der Waals surface area contributed by atoms with Gasteiger partial charge in [0.05, 0.1) is 6.61 Å². The van der Waals surface area contributed by atoms with E-state index in [9.17, 15) is 10.2 Å². The fraction of sp³-hybridized carbons (Fsp3) is 0.333. The number of rotatable bonds is 2. The Bertz CT molecular complexity index is 1030. The summed E-state index contributed by atoms with van der Waals surface area (Å²) in [5.74, 6) is 3.10. The number of hydrogen-bond donors (Lipinski definition) is 2. The van der Waals surface area contributed by atoms with E-state index in [0.29, 0.717) is 46.3 Å². The van der Waals surface area contributed by atoms with Crippen LogP contribution in [0.4, 0.5) is 0 Å². The Balaban J connectivity index is 1.41. The molecule has 0 aromatic heterocycles. The zero-order chi connectivity index (χ0) is 19.0. The summed E-state index contributed by atoms with van der Waals surface area (Å²) in [7, 11) is 0. The van der Waals surface area contributed by atoms with Gasteiger partial charge in [-0.15, -0.1) is 0 Å². The molecule has 3 atom stereocenters. The summed E-state index contributed by atoms with van der Waals surface area (Å²) in [6, 6.07) is 7.30. The van der Waals surface area contributed by atoms with Crippen molar-refractivity contribution in [2.45, 2.75) is 24.2 Å². The van der Waals surface area contributed by atoms with Gasteiger partial charge in [-0.1, -0.05) is 6.58 Å². The van der Waals surface area contributed by atoms with Crippen LogP contribution in [0, 0.1) is 0 Å². The molecule has 0 bridgehead atoms. The van der Waals surface area contributed by atoms with E-state index >= 15 is 0 Å². The second kappa shape index (κ2) is 5.33. The van der Waals surface area contributed by atoms with E-state index in [-0.39, 0.29) is 26.1 Å². The van der Waals surface area contributed by atoms with Gasteiger partial charge in [-0.2, -0.15) is 0 Å². The number of aliphatic hydroxyl groups is 2. The van der Waals surface area contributed by atoms with Crippen molar-refractivity contribution in [2.75, 3.05) is 20.0 Å². The lowest BCUT2D eigenvalue weighted by molar-refractivity contribution is -0.0865. The predicted molar refractivity (Wildman–Crippen MR) is 96.1 cm³/mol. The zero-order valence-electron chi connectivity index (χ0n) is 14.9. The van der Waals surface area contributed by atoms with E-state index < -0.39 is 11.7 Å². The van der Waals surface area contributed by atoms with Crippen molar-refractivity contribution in [1.29, 1.82) is 0 Å². The van der Waals surface area contributed by atoms with Gasteiger partial charge in [0.1, 0.15) is 30.0 Å². The molecule has 0 spiro atoms. The van der Waals surface area contributed by atoms with E-state index in [1.54, 1.807) is 12.1 Å². The third kappa shape index (κ3) is 2.00. The molecular formula is C21H18O7. The summed E-state index contributed by atoms with van der Waals surface area (Å²) in [5.41, 5.74) is 1.69. The van der Waals surface area contributed by atoms with Crippen LogP contribution in [0.15, 0.2) is 36.4 Å². The summed E-state index contributed by atoms with van der Waals surface area (Å²) in [6.07, 6.45) is -0.253. The standard InChI is InChI=1S/C21H18O7/c1-10(7-22)14-3-11-2-12-16(5-15(11)27-14)24-8-21(23)13-4-18-19(26-9-25-18)6-17(13)28-20(12)21/h2,4-6,14,20,22-23H,1,3,7-9H2/t14-,20+,21-/m0/s1. The minimum Gasteiger partial charge on any atom is -0.489 e. The van der Waals surface area contributed by atoms with Crippen molar-refractivity contribution in [2.24, 2.45) is 0 Å². The molecule has 0 saturated heterocycles. The fourth-order valence-electron chi connectivity index (χ4n) is 4.34. The van der Waals surface area contributed by atoms with Gasteiger partial charge in [0.15, 0.2) is 23.2 Å². The van der Waals surface area contributed by atoms with Gasteiger partial charge in [-0.05, 0) is 23.3 Å². The van der Waals surface area contributed by atoms with E-state index in [4.69, 9.17) is 23.7 Å². The minimum absolute atomic E-state index is 0.0584. The summed E-state index contributed by atoms with van der Waals surface area (Å²) in [6.45, 7) is 3.96. The predicted octanol–water partition coefficient (Wildman–Crippen LogP) is 1.98. The van der Waals surface area contributed by atoms with Gasteiger partial charge < -0.3 is 33.9 Å². The van der Waals surface area contributed by atoms with Gasteiger partial charge >= 0.3 is 0 Å². The average Bonchev–Trinajstić information content (AvgIpc) is 3.39. The van der Waals surface area contributed by atoms with E-state index in [2.05, 4.69) is 6.58 Å². The van der Waals surface area contributed by atoms with Crippen molar-refractivity contribution in [3.63, 3.8) is 0 Å². The molecule has 4 heterocycles. The third-order valence-corrected chi connectivity index (χ3v) is 5.88. The van der Waals surface area contributed by atoms with Crippen molar-refractivity contribution in [3.8, 4) is 28.7 Å². The van der Waals surface area contributed by atoms with Crippen LogP contribution in [0.25, 0.3) is 0 Å². The van der Waals surface area contributed by atoms with Crippen molar-refractivity contribution in [1.82, 2.24) is 0 Å². The molecule has 2 N–H and O–H groups in total. The molecule has 0 amide bonds. The molecule has 6 rings (SSSR count). The summed E-state index contributed by atoms with van der Waals surface area (Å²) in [4.78, 5) is 0. The maximum absolute atomic E-state index is 11.4. The molecule has 7 nitrogen and oxygen atoms in total. The molecule has 4 aliphatic rings. The van der Waals surface area contributed by atoms with Crippen LogP contribution in [0.2, 0.25) is 0 Å². The minimum atomic E-state index is -1.31. The molecule has 0 fully saturated rings. The average molecular weight is 382 g/mol. The Kier molecular flexibility index (Phi) is 3.07. The Morgan fingerprint density at radius 1 is 1.00 bits per heavy atom. The normalized spacial score (nSPS) is 27.6. The Labute approximate surface area is 160 Å². The SMILES string of the molecule is C=C(CO)[C@@H]1Cc2cc3c(cc2O1)OC[C@]1(O)c2cc4c(cc2O[C@H]31)OCO4. The number of hydrogen-bond acceptors (Lipinski definition) is 7. The first-order chi connectivity index (χ1) is 13.6. The molecule has 2 aromatic carbocycles. The highest BCUT2D eigenvalue weighted by molar-refractivity contribution is 5.60. The quantitative estimate of drug-likeness (QED) is 0.768. The molecule has 0 unspecified atom stereocenters. The van der Waals surface area contributed by atoms with Gasteiger partial charge in [0, 0.05) is 29.7 Å². The van der Waals surface area contributed by atoms with Crippen molar-refractivity contribution >= 4 is 0 Å².